The van der Waals surface area contributed by atoms with Crippen LogP contribution in [-0.4, -0.2) is 20.6 Å². The van der Waals surface area contributed by atoms with Crippen LogP contribution in [0.2, 0.25) is 0 Å². The van der Waals surface area contributed by atoms with Crippen LogP contribution in [0.5, 0.6) is 0 Å². The van der Waals surface area contributed by atoms with Gasteiger partial charge in [-0.3, -0.25) is 4.79 Å². The van der Waals surface area contributed by atoms with Crippen LogP contribution in [0.25, 0.3) is 11.0 Å². The molecule has 0 aliphatic rings. The lowest BCUT2D eigenvalue weighted by atomic mass is 10.3. The zero-order valence-electron chi connectivity index (χ0n) is 9.48. The molecule has 0 aliphatic carbocycles. The molecular weight excluding hydrogens is 284 g/mol. The van der Waals surface area contributed by atoms with Gasteiger partial charge in [-0.2, -0.15) is 0 Å². The first kappa shape index (κ1) is 12.1. The Bertz CT molecular complexity index is 563. The summed E-state index contributed by atoms with van der Waals surface area (Å²) in [4.78, 5) is 15.2. The fourth-order valence-corrected chi connectivity index (χ4v) is 2.22. The topological polar surface area (TPSA) is 55.1 Å². The van der Waals surface area contributed by atoms with Crippen molar-refractivity contribution >= 4 is 32.9 Å². The molecule has 2 aromatic rings. The van der Waals surface area contributed by atoms with Crippen molar-refractivity contribution < 1.29 is 9.90 Å². The van der Waals surface area contributed by atoms with E-state index in [0.717, 1.165) is 27.8 Å². The Balaban J connectivity index is 2.48. The number of halogens is 1. The van der Waals surface area contributed by atoms with Crippen LogP contribution in [0.3, 0.4) is 0 Å². The second-order valence-corrected chi connectivity index (χ2v) is 4.73. The van der Waals surface area contributed by atoms with Crippen molar-refractivity contribution in [3.05, 3.63) is 28.5 Å². The summed E-state index contributed by atoms with van der Waals surface area (Å²) in [5.41, 5.74) is 1.90. The summed E-state index contributed by atoms with van der Waals surface area (Å²) in [5, 5.41) is 8.76. The van der Waals surface area contributed by atoms with Gasteiger partial charge >= 0.3 is 5.97 Å². The number of nitrogens with zero attached hydrogens (tertiary/aromatic N) is 2. The van der Waals surface area contributed by atoms with E-state index in [1.165, 1.54) is 0 Å². The van der Waals surface area contributed by atoms with Gasteiger partial charge in [0.05, 0.1) is 17.5 Å². The monoisotopic (exact) mass is 296 g/mol. The number of hydrogen-bond donors (Lipinski definition) is 1. The first-order chi connectivity index (χ1) is 8.11. The van der Waals surface area contributed by atoms with Gasteiger partial charge in [0.15, 0.2) is 0 Å². The highest BCUT2D eigenvalue weighted by atomic mass is 79.9. The normalized spacial score (nSPS) is 10.9. The molecule has 1 N–H and O–H groups in total. The average Bonchev–Trinajstić information content (AvgIpc) is 2.63. The van der Waals surface area contributed by atoms with Gasteiger partial charge in [-0.25, -0.2) is 4.98 Å². The molecule has 0 aliphatic heterocycles. The van der Waals surface area contributed by atoms with Gasteiger partial charge in [0, 0.05) is 17.4 Å². The third kappa shape index (κ3) is 2.49. The fourth-order valence-electron chi connectivity index (χ4n) is 1.87. The number of aryl methyl sites for hydroxylation is 2. The molecule has 0 bridgehead atoms. The van der Waals surface area contributed by atoms with E-state index in [1.807, 2.05) is 29.7 Å². The van der Waals surface area contributed by atoms with Crippen LogP contribution in [0, 0.1) is 0 Å². The largest absolute Gasteiger partial charge is 0.481 e. The summed E-state index contributed by atoms with van der Waals surface area (Å²) in [7, 11) is 0. The van der Waals surface area contributed by atoms with E-state index >= 15 is 0 Å². The molecule has 0 saturated heterocycles. The van der Waals surface area contributed by atoms with Crippen LogP contribution < -0.4 is 0 Å². The van der Waals surface area contributed by atoms with E-state index in [1.54, 1.807) is 0 Å². The number of aliphatic carboxylic acids is 1. The number of rotatable bonds is 4. The molecule has 1 aromatic heterocycles. The maximum atomic E-state index is 10.7. The predicted octanol–water partition coefficient (Wildman–Crippen LogP) is 2.84. The molecule has 0 saturated carbocycles. The summed E-state index contributed by atoms with van der Waals surface area (Å²) in [6, 6.07) is 5.86. The van der Waals surface area contributed by atoms with E-state index < -0.39 is 5.97 Å². The van der Waals surface area contributed by atoms with Gasteiger partial charge in [-0.15, -0.1) is 0 Å². The summed E-state index contributed by atoms with van der Waals surface area (Å²) >= 11 is 3.42. The van der Waals surface area contributed by atoms with Crippen molar-refractivity contribution in [1.82, 2.24) is 9.55 Å². The highest BCUT2D eigenvalue weighted by molar-refractivity contribution is 9.10. The Labute approximate surface area is 107 Å². The highest BCUT2D eigenvalue weighted by Gasteiger charge is 2.10. The molecule has 2 rings (SSSR count). The SMILES string of the molecule is CCc1nc2ccc(Br)cc2n1CCC(=O)O. The van der Waals surface area contributed by atoms with Gasteiger partial charge in [0.1, 0.15) is 5.82 Å². The van der Waals surface area contributed by atoms with Crippen molar-refractivity contribution in [3.8, 4) is 0 Å². The summed E-state index contributed by atoms with van der Waals surface area (Å²) < 4.78 is 2.96. The van der Waals surface area contributed by atoms with E-state index in [9.17, 15) is 4.79 Å². The molecule has 0 atom stereocenters. The maximum Gasteiger partial charge on any atom is 0.305 e. The molecule has 0 amide bonds. The quantitative estimate of drug-likeness (QED) is 0.944. The van der Waals surface area contributed by atoms with Crippen LogP contribution in [0.1, 0.15) is 19.2 Å². The maximum absolute atomic E-state index is 10.7. The first-order valence-electron chi connectivity index (χ1n) is 5.48. The minimum absolute atomic E-state index is 0.116. The molecule has 90 valence electrons. The molecule has 0 fully saturated rings. The predicted molar refractivity (Wildman–Crippen MR) is 69.1 cm³/mol. The number of benzene rings is 1. The molecule has 5 heteroatoms. The van der Waals surface area contributed by atoms with Crippen LogP contribution in [0.4, 0.5) is 0 Å². The van der Waals surface area contributed by atoms with Crippen LogP contribution >= 0.6 is 15.9 Å². The van der Waals surface area contributed by atoms with Crippen LogP contribution in [-0.2, 0) is 17.8 Å². The van der Waals surface area contributed by atoms with Gasteiger partial charge < -0.3 is 9.67 Å². The Morgan fingerprint density at radius 1 is 1.53 bits per heavy atom. The molecular formula is C12H13BrN2O2. The van der Waals surface area contributed by atoms with Gasteiger partial charge in [-0.1, -0.05) is 22.9 Å². The number of imidazole rings is 1. The lowest BCUT2D eigenvalue weighted by Gasteiger charge is -2.06. The van der Waals surface area contributed by atoms with Crippen molar-refractivity contribution in [2.75, 3.05) is 0 Å². The number of aromatic nitrogens is 2. The van der Waals surface area contributed by atoms with Crippen molar-refractivity contribution in [2.45, 2.75) is 26.3 Å². The lowest BCUT2D eigenvalue weighted by Crippen LogP contribution is -2.07. The Morgan fingerprint density at radius 2 is 2.29 bits per heavy atom. The molecule has 0 unspecified atom stereocenters. The van der Waals surface area contributed by atoms with Gasteiger partial charge in [0.2, 0.25) is 0 Å². The second kappa shape index (κ2) is 4.87. The number of carboxylic acids is 1. The zero-order valence-corrected chi connectivity index (χ0v) is 11.1. The molecule has 17 heavy (non-hydrogen) atoms. The Kier molecular flexibility index (Phi) is 3.47. The minimum Gasteiger partial charge on any atom is -0.481 e. The standard InChI is InChI=1S/C12H13BrN2O2/c1-2-11-14-9-4-3-8(13)7-10(9)15(11)6-5-12(16)17/h3-4,7H,2,5-6H2,1H3,(H,16,17). The van der Waals surface area contributed by atoms with Gasteiger partial charge in [-0.05, 0) is 18.2 Å². The van der Waals surface area contributed by atoms with Gasteiger partial charge in [0.25, 0.3) is 0 Å². The van der Waals surface area contributed by atoms with Crippen molar-refractivity contribution in [3.63, 3.8) is 0 Å². The summed E-state index contributed by atoms with van der Waals surface area (Å²) in [6.45, 7) is 2.49. The summed E-state index contributed by atoms with van der Waals surface area (Å²) in [6.07, 6.45) is 0.914. The third-order valence-electron chi connectivity index (χ3n) is 2.65. The number of carbonyl (C=O) groups is 1. The van der Waals surface area contributed by atoms with Crippen molar-refractivity contribution in [2.24, 2.45) is 0 Å². The first-order valence-corrected chi connectivity index (χ1v) is 6.27. The average molecular weight is 297 g/mol. The Hall–Kier alpha value is -1.36. The zero-order chi connectivity index (χ0) is 12.4. The lowest BCUT2D eigenvalue weighted by molar-refractivity contribution is -0.137. The molecule has 1 heterocycles. The molecule has 0 spiro atoms. The highest BCUT2D eigenvalue weighted by Crippen LogP contribution is 2.21. The number of hydrogen-bond acceptors (Lipinski definition) is 2. The smallest absolute Gasteiger partial charge is 0.305 e. The van der Waals surface area contributed by atoms with E-state index in [-0.39, 0.29) is 6.42 Å². The molecule has 4 nitrogen and oxygen atoms in total. The van der Waals surface area contributed by atoms with E-state index in [0.29, 0.717) is 6.54 Å². The van der Waals surface area contributed by atoms with Crippen LogP contribution in [0.15, 0.2) is 22.7 Å². The van der Waals surface area contributed by atoms with E-state index in [4.69, 9.17) is 5.11 Å². The second-order valence-electron chi connectivity index (χ2n) is 3.81. The fraction of sp³-hybridized carbons (Fsp3) is 0.333. The third-order valence-corrected chi connectivity index (χ3v) is 3.15. The number of fused-ring (bicyclic) bond motifs is 1. The van der Waals surface area contributed by atoms with Crippen molar-refractivity contribution in [1.29, 1.82) is 0 Å². The Morgan fingerprint density at radius 3 is 2.94 bits per heavy atom. The molecule has 1 aromatic carbocycles. The number of carboxylic acid groups (broad SMARTS) is 1. The van der Waals surface area contributed by atoms with E-state index in [2.05, 4.69) is 20.9 Å². The summed E-state index contributed by atoms with van der Waals surface area (Å²) in [5.74, 6) is 0.142. The molecule has 0 radical (unpaired) electrons. The minimum atomic E-state index is -0.788.